The number of ketones is 1. The first-order valence-corrected chi connectivity index (χ1v) is 9.95. The van der Waals surface area contributed by atoms with Crippen LogP contribution in [0.4, 0.5) is 5.69 Å². The van der Waals surface area contributed by atoms with Gasteiger partial charge in [-0.25, -0.2) is 0 Å². The summed E-state index contributed by atoms with van der Waals surface area (Å²) in [7, 11) is 0. The molecular weight excluding hydrogens is 360 g/mol. The summed E-state index contributed by atoms with van der Waals surface area (Å²) in [5, 5.41) is 5.60. The van der Waals surface area contributed by atoms with Crippen molar-refractivity contribution in [1.82, 2.24) is 5.32 Å². The maximum atomic E-state index is 13.0. The lowest BCUT2D eigenvalue weighted by molar-refractivity contribution is -0.125. The molecule has 2 amide bonds. The van der Waals surface area contributed by atoms with E-state index in [2.05, 4.69) is 10.6 Å². The summed E-state index contributed by atoms with van der Waals surface area (Å²) in [6.07, 6.45) is 3.41. The molecule has 4 rings (SSSR count). The molecule has 1 aliphatic carbocycles. The number of anilines is 1. The maximum absolute atomic E-state index is 13.0. The maximum Gasteiger partial charge on any atom is 0.229 e. The monoisotopic (exact) mass is 386 g/mol. The second-order valence-electron chi connectivity index (χ2n) is 7.96. The topological polar surface area (TPSA) is 93.7 Å². The van der Waals surface area contributed by atoms with Gasteiger partial charge in [0.2, 0.25) is 11.8 Å². The molecule has 0 aromatic heterocycles. The normalized spacial score (nSPS) is 31.2. The molecular formula is C21H26N2O5. The zero-order valence-electron chi connectivity index (χ0n) is 16.0. The highest BCUT2D eigenvalue weighted by molar-refractivity contribution is 6.19. The summed E-state index contributed by atoms with van der Waals surface area (Å²) < 4.78 is 11.2. The number of fused-ring (bicyclic) bond motifs is 2. The average molecular weight is 386 g/mol. The molecule has 7 nitrogen and oxygen atoms in total. The third-order valence-corrected chi connectivity index (χ3v) is 6.12. The van der Waals surface area contributed by atoms with Gasteiger partial charge >= 0.3 is 0 Å². The molecule has 4 atom stereocenters. The molecule has 2 aliphatic heterocycles. The van der Waals surface area contributed by atoms with E-state index in [1.807, 2.05) is 0 Å². The van der Waals surface area contributed by atoms with Crippen LogP contribution < -0.4 is 10.6 Å². The number of rotatable bonds is 6. The predicted molar refractivity (Wildman–Crippen MR) is 102 cm³/mol. The van der Waals surface area contributed by atoms with E-state index < -0.39 is 17.3 Å². The van der Waals surface area contributed by atoms with Crippen LogP contribution in [-0.4, -0.2) is 50.1 Å². The van der Waals surface area contributed by atoms with E-state index in [1.165, 1.54) is 0 Å². The quantitative estimate of drug-likeness (QED) is 0.727. The van der Waals surface area contributed by atoms with Gasteiger partial charge in [-0.1, -0.05) is 19.1 Å². The van der Waals surface area contributed by atoms with Crippen LogP contribution in [0, 0.1) is 17.3 Å². The molecule has 1 aromatic rings. The Hall–Kier alpha value is -2.25. The summed E-state index contributed by atoms with van der Waals surface area (Å²) in [6, 6.07) is 6.94. The van der Waals surface area contributed by atoms with Crippen LogP contribution in [-0.2, 0) is 19.1 Å². The summed E-state index contributed by atoms with van der Waals surface area (Å²) in [5.74, 6) is -1.98. The Morgan fingerprint density at radius 3 is 2.93 bits per heavy atom. The number of carbonyl (C=O) groups excluding carboxylic acids is 3. The van der Waals surface area contributed by atoms with Crippen molar-refractivity contribution in [3.8, 4) is 0 Å². The number of ether oxygens (including phenoxy) is 2. The van der Waals surface area contributed by atoms with Gasteiger partial charge in [0.05, 0.1) is 42.3 Å². The van der Waals surface area contributed by atoms with Crippen molar-refractivity contribution >= 4 is 23.3 Å². The zero-order chi connectivity index (χ0) is 19.7. The highest BCUT2D eigenvalue weighted by Gasteiger charge is 2.73. The molecule has 0 spiro atoms. The standard InChI is InChI=1S/C21H26N2O5/c1-21-16(19(25)22-9-11-27-12-13-6-4-5-10-28-13)17(21)20(26)23-15-8-3-2-7-14(15)18(21)24/h2-3,7-8,13,16-17H,4-6,9-12H2,1H3,(H,22,25)(H,23,26)/t13-,16-,17+,21+/m0/s1. The van der Waals surface area contributed by atoms with Crippen LogP contribution in [0.3, 0.4) is 0 Å². The van der Waals surface area contributed by atoms with Gasteiger partial charge in [-0.2, -0.15) is 0 Å². The molecule has 150 valence electrons. The largest absolute Gasteiger partial charge is 0.377 e. The molecule has 3 aliphatic rings. The molecule has 7 heteroatoms. The Morgan fingerprint density at radius 2 is 2.14 bits per heavy atom. The van der Waals surface area contributed by atoms with E-state index in [4.69, 9.17) is 9.47 Å². The van der Waals surface area contributed by atoms with Gasteiger partial charge in [0.25, 0.3) is 0 Å². The first-order chi connectivity index (χ1) is 13.5. The molecule has 1 aromatic carbocycles. The number of para-hydroxylation sites is 1. The summed E-state index contributed by atoms with van der Waals surface area (Å²) in [6.45, 7) is 3.74. The van der Waals surface area contributed by atoms with Crippen LogP contribution in [0.25, 0.3) is 0 Å². The number of nitrogens with one attached hydrogen (secondary N) is 2. The Balaban J connectivity index is 1.31. The van der Waals surface area contributed by atoms with Crippen molar-refractivity contribution in [2.75, 3.05) is 31.7 Å². The van der Waals surface area contributed by atoms with Crippen molar-refractivity contribution in [3.63, 3.8) is 0 Å². The predicted octanol–water partition coefficient (Wildman–Crippen LogP) is 1.78. The van der Waals surface area contributed by atoms with Crippen LogP contribution >= 0.6 is 0 Å². The van der Waals surface area contributed by atoms with Gasteiger partial charge in [-0.15, -0.1) is 0 Å². The van der Waals surface area contributed by atoms with E-state index in [1.54, 1.807) is 31.2 Å². The third kappa shape index (κ3) is 3.33. The second-order valence-corrected chi connectivity index (χ2v) is 7.96. The number of carbonyl (C=O) groups is 3. The smallest absolute Gasteiger partial charge is 0.229 e. The fourth-order valence-corrected chi connectivity index (χ4v) is 4.44. The van der Waals surface area contributed by atoms with Crippen LogP contribution in [0.1, 0.15) is 36.5 Å². The lowest BCUT2D eigenvalue weighted by Crippen LogP contribution is -2.33. The summed E-state index contributed by atoms with van der Waals surface area (Å²) >= 11 is 0. The molecule has 1 saturated heterocycles. The highest BCUT2D eigenvalue weighted by atomic mass is 16.5. The summed E-state index contributed by atoms with van der Waals surface area (Å²) in [4.78, 5) is 38.2. The summed E-state index contributed by atoms with van der Waals surface area (Å²) in [5.41, 5.74) is -0.00669. The lowest BCUT2D eigenvalue weighted by atomic mass is 9.92. The molecule has 0 bridgehead atoms. The molecule has 2 fully saturated rings. The second kappa shape index (κ2) is 7.64. The molecule has 2 heterocycles. The molecule has 28 heavy (non-hydrogen) atoms. The van der Waals surface area contributed by atoms with Crippen LogP contribution in [0.5, 0.6) is 0 Å². The Morgan fingerprint density at radius 1 is 1.32 bits per heavy atom. The van der Waals surface area contributed by atoms with Gasteiger partial charge in [-0.3, -0.25) is 14.4 Å². The first kappa shape index (κ1) is 19.1. The van der Waals surface area contributed by atoms with Gasteiger partial charge in [-0.05, 0) is 31.4 Å². The van der Waals surface area contributed by atoms with Gasteiger partial charge in [0, 0.05) is 18.7 Å². The van der Waals surface area contributed by atoms with E-state index in [0.29, 0.717) is 31.0 Å². The third-order valence-electron chi connectivity index (χ3n) is 6.12. The number of hydrogen-bond acceptors (Lipinski definition) is 5. The molecule has 2 N–H and O–H groups in total. The van der Waals surface area contributed by atoms with Crippen LogP contribution in [0.15, 0.2) is 24.3 Å². The van der Waals surface area contributed by atoms with Crippen molar-refractivity contribution in [2.45, 2.75) is 32.3 Å². The number of Topliss-reactive ketones (excluding diaryl/α,β-unsaturated/α-hetero) is 1. The fourth-order valence-electron chi connectivity index (χ4n) is 4.44. The SMILES string of the molecule is C[C@]12C(=O)c3ccccc3NC(=O)[C@H]1[C@H]2C(=O)NCCOC[C@@H]1CCCCO1. The number of amides is 2. The average Bonchev–Trinajstić information content (AvgIpc) is 3.36. The number of hydrogen-bond donors (Lipinski definition) is 2. The van der Waals surface area contributed by atoms with E-state index in [9.17, 15) is 14.4 Å². The first-order valence-electron chi connectivity index (χ1n) is 9.95. The lowest BCUT2D eigenvalue weighted by Gasteiger charge is -2.22. The minimum atomic E-state index is -0.989. The van der Waals surface area contributed by atoms with Crippen molar-refractivity contribution in [1.29, 1.82) is 0 Å². The fraction of sp³-hybridized carbons (Fsp3) is 0.571. The van der Waals surface area contributed by atoms with E-state index in [-0.39, 0.29) is 23.7 Å². The molecule has 1 saturated carbocycles. The minimum absolute atomic E-state index is 0.139. The van der Waals surface area contributed by atoms with Gasteiger partial charge < -0.3 is 20.1 Å². The van der Waals surface area contributed by atoms with Crippen LogP contribution in [0.2, 0.25) is 0 Å². The zero-order valence-corrected chi connectivity index (χ0v) is 16.0. The van der Waals surface area contributed by atoms with E-state index in [0.717, 1.165) is 25.9 Å². The number of benzene rings is 1. The van der Waals surface area contributed by atoms with Crippen molar-refractivity contribution in [3.05, 3.63) is 29.8 Å². The highest BCUT2D eigenvalue weighted by Crippen LogP contribution is 2.62. The molecule has 0 unspecified atom stereocenters. The minimum Gasteiger partial charge on any atom is -0.377 e. The Kier molecular flexibility index (Phi) is 5.21. The van der Waals surface area contributed by atoms with Gasteiger partial charge in [0.15, 0.2) is 5.78 Å². The Bertz CT molecular complexity index is 789. The van der Waals surface area contributed by atoms with Gasteiger partial charge in [0.1, 0.15) is 0 Å². The van der Waals surface area contributed by atoms with Crippen molar-refractivity contribution < 1.29 is 23.9 Å². The molecule has 0 radical (unpaired) electrons. The Labute approximate surface area is 164 Å². The van der Waals surface area contributed by atoms with E-state index >= 15 is 0 Å². The van der Waals surface area contributed by atoms with Crippen molar-refractivity contribution in [2.24, 2.45) is 17.3 Å².